The summed E-state index contributed by atoms with van der Waals surface area (Å²) in [6.07, 6.45) is 0. The maximum atomic E-state index is 11.0. The minimum absolute atomic E-state index is 0.207. The Kier molecular flexibility index (Phi) is 4.06. The molecular weight excluding hydrogens is 274 g/mol. The third-order valence-electron chi connectivity index (χ3n) is 2.90. The zero-order valence-electron chi connectivity index (χ0n) is 11.1. The first-order valence-corrected chi connectivity index (χ1v) is 6.84. The van der Waals surface area contributed by atoms with E-state index in [1.165, 1.54) is 11.3 Å². The van der Waals surface area contributed by atoms with Crippen LogP contribution in [-0.4, -0.2) is 11.1 Å². The van der Waals surface area contributed by atoms with Crippen LogP contribution in [0.25, 0.3) is 0 Å². The van der Waals surface area contributed by atoms with E-state index in [0.717, 1.165) is 11.1 Å². The topological polar surface area (TPSA) is 70.3 Å². The van der Waals surface area contributed by atoms with Crippen LogP contribution >= 0.6 is 11.3 Å². The first-order chi connectivity index (χ1) is 9.52. The molecule has 0 bridgehead atoms. The van der Waals surface area contributed by atoms with Gasteiger partial charge >= 0.3 is 5.97 Å². The molecule has 1 N–H and O–H groups in total. The lowest BCUT2D eigenvalue weighted by Gasteiger charge is -2.12. The number of thiophene rings is 1. The summed E-state index contributed by atoms with van der Waals surface area (Å²) in [4.78, 5) is 11.3. The van der Waals surface area contributed by atoms with Gasteiger partial charge in [0.25, 0.3) is 0 Å². The van der Waals surface area contributed by atoms with Crippen LogP contribution in [0.3, 0.4) is 0 Å². The number of aromatic carboxylic acids is 1. The highest BCUT2D eigenvalue weighted by Gasteiger charge is 2.13. The maximum Gasteiger partial charge on any atom is 0.346 e. The van der Waals surface area contributed by atoms with Gasteiger partial charge in [0.2, 0.25) is 0 Å². The fourth-order valence-electron chi connectivity index (χ4n) is 2.03. The zero-order chi connectivity index (χ0) is 14.7. The van der Waals surface area contributed by atoms with Gasteiger partial charge in [-0.3, -0.25) is 0 Å². The lowest BCUT2D eigenvalue weighted by atomic mass is 10.1. The molecule has 102 valence electrons. The summed E-state index contributed by atoms with van der Waals surface area (Å²) in [5.41, 5.74) is 2.99. The van der Waals surface area contributed by atoms with Gasteiger partial charge in [0.15, 0.2) is 0 Å². The van der Waals surface area contributed by atoms with E-state index < -0.39 is 5.97 Å². The van der Waals surface area contributed by atoms with Crippen LogP contribution in [0.5, 0.6) is 5.75 Å². The predicted molar refractivity (Wildman–Crippen MR) is 76.2 cm³/mol. The Labute approximate surface area is 120 Å². The van der Waals surface area contributed by atoms with Gasteiger partial charge in [0.1, 0.15) is 17.2 Å². The molecule has 20 heavy (non-hydrogen) atoms. The lowest BCUT2D eigenvalue weighted by Crippen LogP contribution is -2.03. The molecule has 0 unspecified atom stereocenters. The molecule has 5 heteroatoms. The quantitative estimate of drug-likeness (QED) is 0.934. The molecule has 2 aromatic rings. The molecule has 0 aliphatic carbocycles. The number of hydrogen-bond acceptors (Lipinski definition) is 4. The van der Waals surface area contributed by atoms with Crippen LogP contribution in [0, 0.1) is 25.2 Å². The van der Waals surface area contributed by atoms with E-state index in [1.54, 1.807) is 23.6 Å². The largest absolute Gasteiger partial charge is 0.488 e. The van der Waals surface area contributed by atoms with Crippen molar-refractivity contribution in [3.05, 3.63) is 50.7 Å². The Morgan fingerprint density at radius 1 is 1.40 bits per heavy atom. The first kappa shape index (κ1) is 14.1. The van der Waals surface area contributed by atoms with Crippen molar-refractivity contribution in [3.8, 4) is 11.8 Å². The molecule has 0 spiro atoms. The zero-order valence-corrected chi connectivity index (χ0v) is 12.0. The molecule has 0 amide bonds. The number of nitriles is 1. The molecule has 2 rings (SSSR count). The minimum Gasteiger partial charge on any atom is -0.488 e. The van der Waals surface area contributed by atoms with Crippen molar-refractivity contribution in [2.75, 3.05) is 0 Å². The number of benzene rings is 1. The van der Waals surface area contributed by atoms with Gasteiger partial charge in [-0.15, -0.1) is 11.3 Å². The van der Waals surface area contributed by atoms with E-state index in [9.17, 15) is 4.79 Å². The fourth-order valence-corrected chi connectivity index (χ4v) is 2.78. The van der Waals surface area contributed by atoms with Gasteiger partial charge in [-0.2, -0.15) is 5.26 Å². The average Bonchev–Trinajstić information content (AvgIpc) is 2.86. The van der Waals surface area contributed by atoms with E-state index in [-0.39, 0.29) is 6.61 Å². The van der Waals surface area contributed by atoms with Crippen molar-refractivity contribution < 1.29 is 14.6 Å². The monoisotopic (exact) mass is 287 g/mol. The lowest BCUT2D eigenvalue weighted by molar-refractivity contribution is 0.0699. The molecule has 1 aromatic heterocycles. The summed E-state index contributed by atoms with van der Waals surface area (Å²) in [7, 11) is 0. The molecule has 4 nitrogen and oxygen atoms in total. The van der Waals surface area contributed by atoms with Crippen LogP contribution in [0.4, 0.5) is 0 Å². The third-order valence-corrected chi connectivity index (χ3v) is 3.85. The number of carboxylic acid groups (broad SMARTS) is 1. The van der Waals surface area contributed by atoms with Gasteiger partial charge < -0.3 is 9.84 Å². The van der Waals surface area contributed by atoms with Crippen LogP contribution < -0.4 is 4.74 Å². The Bertz CT molecular complexity index is 674. The number of carboxylic acids is 1. The highest BCUT2D eigenvalue weighted by Crippen LogP contribution is 2.26. The molecule has 0 atom stereocenters. The minimum atomic E-state index is -0.938. The van der Waals surface area contributed by atoms with Crippen molar-refractivity contribution in [3.63, 3.8) is 0 Å². The molecular formula is C15H13NO3S. The van der Waals surface area contributed by atoms with Crippen LogP contribution in [0.2, 0.25) is 0 Å². The van der Waals surface area contributed by atoms with Gasteiger partial charge in [0, 0.05) is 5.56 Å². The molecule has 0 saturated heterocycles. The van der Waals surface area contributed by atoms with Crippen molar-refractivity contribution in [1.29, 1.82) is 5.26 Å². The molecule has 1 aromatic carbocycles. The summed E-state index contributed by atoms with van der Waals surface area (Å²) in [6, 6.07) is 7.37. The summed E-state index contributed by atoms with van der Waals surface area (Å²) in [6.45, 7) is 3.95. The van der Waals surface area contributed by atoms with Crippen LogP contribution in [0.15, 0.2) is 23.6 Å². The van der Waals surface area contributed by atoms with Crippen molar-refractivity contribution in [2.24, 2.45) is 0 Å². The smallest absolute Gasteiger partial charge is 0.346 e. The molecule has 0 radical (unpaired) electrons. The maximum absolute atomic E-state index is 11.0. The van der Waals surface area contributed by atoms with Crippen molar-refractivity contribution in [1.82, 2.24) is 0 Å². The molecule has 1 heterocycles. The van der Waals surface area contributed by atoms with Crippen molar-refractivity contribution >= 4 is 17.3 Å². The number of nitrogens with zero attached hydrogens (tertiary/aromatic N) is 1. The Balaban J connectivity index is 2.22. The third kappa shape index (κ3) is 2.81. The standard InChI is InChI=1S/C15H13NO3S/c1-9-5-11(7-16)6-10(2)13(9)19-8-12-3-4-20-14(12)15(17)18/h3-6H,8H2,1-2H3,(H,17,18). The van der Waals surface area contributed by atoms with E-state index in [4.69, 9.17) is 15.1 Å². The molecule has 0 fully saturated rings. The SMILES string of the molecule is Cc1cc(C#N)cc(C)c1OCc1ccsc1C(=O)O. The first-order valence-electron chi connectivity index (χ1n) is 5.96. The number of rotatable bonds is 4. The predicted octanol–water partition coefficient (Wildman–Crippen LogP) is 3.51. The van der Waals surface area contributed by atoms with E-state index >= 15 is 0 Å². The van der Waals surface area contributed by atoms with E-state index in [0.29, 0.717) is 21.8 Å². The fraction of sp³-hybridized carbons (Fsp3) is 0.200. The highest BCUT2D eigenvalue weighted by molar-refractivity contribution is 7.12. The number of aryl methyl sites for hydroxylation is 2. The Hall–Kier alpha value is -2.32. The van der Waals surface area contributed by atoms with Crippen LogP contribution in [-0.2, 0) is 6.61 Å². The second-order valence-electron chi connectivity index (χ2n) is 4.42. The summed E-state index contributed by atoms with van der Waals surface area (Å²) in [5, 5.41) is 19.7. The van der Waals surface area contributed by atoms with Gasteiger partial charge in [-0.25, -0.2) is 4.79 Å². The van der Waals surface area contributed by atoms with Crippen LogP contribution in [0.1, 0.15) is 31.9 Å². The normalized spacial score (nSPS) is 10.1. The number of ether oxygens (including phenoxy) is 1. The van der Waals surface area contributed by atoms with E-state index in [1.807, 2.05) is 13.8 Å². The second kappa shape index (κ2) is 5.76. The molecule has 0 aliphatic rings. The van der Waals surface area contributed by atoms with Gasteiger partial charge in [-0.1, -0.05) is 0 Å². The second-order valence-corrected chi connectivity index (χ2v) is 5.34. The van der Waals surface area contributed by atoms with E-state index in [2.05, 4.69) is 6.07 Å². The highest BCUT2D eigenvalue weighted by atomic mass is 32.1. The number of hydrogen-bond donors (Lipinski definition) is 1. The summed E-state index contributed by atoms with van der Waals surface area (Å²) < 4.78 is 5.74. The molecule has 0 aliphatic heterocycles. The summed E-state index contributed by atoms with van der Waals surface area (Å²) in [5.74, 6) is -0.238. The Morgan fingerprint density at radius 3 is 2.60 bits per heavy atom. The average molecular weight is 287 g/mol. The molecule has 0 saturated carbocycles. The Morgan fingerprint density at radius 2 is 2.05 bits per heavy atom. The van der Waals surface area contributed by atoms with Gasteiger partial charge in [0.05, 0.1) is 11.6 Å². The van der Waals surface area contributed by atoms with Gasteiger partial charge in [-0.05, 0) is 48.6 Å². The number of carbonyl (C=O) groups is 1. The summed E-state index contributed by atoms with van der Waals surface area (Å²) >= 11 is 1.18. The van der Waals surface area contributed by atoms with Crippen molar-refractivity contribution in [2.45, 2.75) is 20.5 Å².